The molecule has 1 aliphatic heterocycles. The summed E-state index contributed by atoms with van der Waals surface area (Å²) in [5.74, 6) is 0. The zero-order chi connectivity index (χ0) is 16.0. The quantitative estimate of drug-likeness (QED) is 0.855. The summed E-state index contributed by atoms with van der Waals surface area (Å²) < 4.78 is 26.7. The number of piperazine rings is 1. The highest BCUT2D eigenvalue weighted by Gasteiger charge is 2.20. The Labute approximate surface area is 133 Å². The molecule has 1 saturated heterocycles. The molecule has 2 rings (SSSR count). The molecule has 1 fully saturated rings. The predicted molar refractivity (Wildman–Crippen MR) is 90.9 cm³/mol. The van der Waals surface area contributed by atoms with Gasteiger partial charge in [0, 0.05) is 44.2 Å². The third-order valence-electron chi connectivity index (χ3n) is 3.98. The normalized spacial score (nSPS) is 19.5. The highest BCUT2D eigenvalue weighted by Crippen LogP contribution is 2.06. The van der Waals surface area contributed by atoms with Crippen LogP contribution in [0.3, 0.4) is 0 Å². The number of nitrogens with one attached hydrogen (secondary N) is 1. The lowest BCUT2D eigenvalue weighted by molar-refractivity contribution is 0.120. The summed E-state index contributed by atoms with van der Waals surface area (Å²) >= 11 is 0. The Hall–Kier alpha value is -1.21. The molecule has 0 spiro atoms. The number of rotatable bonds is 6. The van der Waals surface area contributed by atoms with E-state index in [0.717, 1.165) is 31.7 Å². The second-order valence-corrected chi connectivity index (χ2v) is 7.45. The van der Waals surface area contributed by atoms with E-state index in [-0.39, 0.29) is 6.04 Å². The second-order valence-electron chi connectivity index (χ2n) is 5.80. The molecule has 0 saturated carbocycles. The largest absolute Gasteiger partial charge is 0.304 e. The maximum absolute atomic E-state index is 12.0. The second kappa shape index (κ2) is 7.87. The zero-order valence-corrected chi connectivity index (χ0v) is 14.1. The Kier molecular flexibility index (Phi) is 6.14. The van der Waals surface area contributed by atoms with Crippen molar-refractivity contribution in [2.45, 2.75) is 13.0 Å². The molecule has 6 heteroatoms. The van der Waals surface area contributed by atoms with E-state index in [4.69, 9.17) is 0 Å². The van der Waals surface area contributed by atoms with Crippen LogP contribution in [0.4, 0.5) is 0 Å². The first-order valence-electron chi connectivity index (χ1n) is 7.62. The van der Waals surface area contributed by atoms with E-state index in [9.17, 15) is 8.42 Å². The molecular weight excluding hydrogens is 298 g/mol. The lowest BCUT2D eigenvalue weighted by Gasteiger charge is -2.36. The summed E-state index contributed by atoms with van der Waals surface area (Å²) in [5, 5.41) is 1.24. The van der Waals surface area contributed by atoms with Crippen LogP contribution in [0.25, 0.3) is 6.08 Å². The summed E-state index contributed by atoms with van der Waals surface area (Å²) in [6.45, 7) is 6.54. The number of likely N-dealkylation sites (N-methyl/N-ethyl adjacent to an activating group) is 1. The van der Waals surface area contributed by atoms with Crippen LogP contribution in [0.15, 0.2) is 35.7 Å². The van der Waals surface area contributed by atoms with Crippen LogP contribution in [-0.2, 0) is 10.0 Å². The first kappa shape index (κ1) is 17.1. The van der Waals surface area contributed by atoms with E-state index >= 15 is 0 Å². The van der Waals surface area contributed by atoms with Gasteiger partial charge in [0.05, 0.1) is 0 Å². The van der Waals surface area contributed by atoms with E-state index < -0.39 is 10.0 Å². The lowest BCUT2D eigenvalue weighted by atomic mass is 10.2. The average molecular weight is 323 g/mol. The van der Waals surface area contributed by atoms with Gasteiger partial charge in [-0.2, -0.15) is 0 Å². The monoisotopic (exact) mass is 323 g/mol. The predicted octanol–water partition coefficient (Wildman–Crippen LogP) is 1.21. The van der Waals surface area contributed by atoms with Gasteiger partial charge in [-0.25, -0.2) is 13.1 Å². The van der Waals surface area contributed by atoms with Crippen molar-refractivity contribution in [3.63, 3.8) is 0 Å². The maximum atomic E-state index is 12.0. The minimum atomic E-state index is -3.39. The average Bonchev–Trinajstić information content (AvgIpc) is 2.53. The van der Waals surface area contributed by atoms with Crippen molar-refractivity contribution >= 4 is 16.1 Å². The molecule has 1 aromatic carbocycles. The molecule has 0 aromatic heterocycles. The van der Waals surface area contributed by atoms with Crippen molar-refractivity contribution in [1.82, 2.24) is 14.5 Å². The summed E-state index contributed by atoms with van der Waals surface area (Å²) in [7, 11) is -1.28. The number of nitrogens with zero attached hydrogens (tertiary/aromatic N) is 2. The molecular formula is C16H25N3O2S. The third-order valence-corrected chi connectivity index (χ3v) is 5.04. The number of benzene rings is 1. The van der Waals surface area contributed by atoms with Crippen LogP contribution in [0.5, 0.6) is 0 Å². The van der Waals surface area contributed by atoms with E-state index in [1.165, 1.54) is 5.41 Å². The molecule has 1 aliphatic rings. The Bertz CT molecular complexity index is 579. The van der Waals surface area contributed by atoms with Crippen molar-refractivity contribution in [1.29, 1.82) is 0 Å². The van der Waals surface area contributed by atoms with E-state index in [2.05, 4.69) is 28.5 Å². The van der Waals surface area contributed by atoms with Gasteiger partial charge in [-0.15, -0.1) is 0 Å². The molecule has 122 valence electrons. The molecule has 0 amide bonds. The van der Waals surface area contributed by atoms with Gasteiger partial charge >= 0.3 is 0 Å². The molecule has 1 heterocycles. The van der Waals surface area contributed by atoms with Crippen LogP contribution in [0, 0.1) is 0 Å². The molecule has 1 atom stereocenters. The van der Waals surface area contributed by atoms with Crippen LogP contribution in [0.1, 0.15) is 12.5 Å². The molecule has 22 heavy (non-hydrogen) atoms. The minimum Gasteiger partial charge on any atom is -0.304 e. The fourth-order valence-corrected chi connectivity index (χ4v) is 3.31. The summed E-state index contributed by atoms with van der Waals surface area (Å²) in [6, 6.07) is 9.62. The minimum absolute atomic E-state index is 0.202. The molecule has 5 nitrogen and oxygen atoms in total. The number of sulfonamides is 1. The van der Waals surface area contributed by atoms with Crippen LogP contribution < -0.4 is 4.72 Å². The Balaban J connectivity index is 1.83. The van der Waals surface area contributed by atoms with Gasteiger partial charge < -0.3 is 4.90 Å². The highest BCUT2D eigenvalue weighted by molar-refractivity contribution is 7.92. The summed E-state index contributed by atoms with van der Waals surface area (Å²) in [4.78, 5) is 4.61. The molecule has 1 aromatic rings. The van der Waals surface area contributed by atoms with E-state index in [1.807, 2.05) is 30.3 Å². The Morgan fingerprint density at radius 1 is 1.18 bits per heavy atom. The van der Waals surface area contributed by atoms with E-state index in [1.54, 1.807) is 6.08 Å². The van der Waals surface area contributed by atoms with Crippen molar-refractivity contribution in [2.24, 2.45) is 0 Å². The highest BCUT2D eigenvalue weighted by atomic mass is 32.2. The SMILES string of the molecule is C[C@H](CNS(=O)(=O)/C=C\c1ccccc1)N1CCN(C)CC1. The zero-order valence-electron chi connectivity index (χ0n) is 13.3. The van der Waals surface area contributed by atoms with E-state index in [0.29, 0.717) is 6.54 Å². The van der Waals surface area contributed by atoms with Gasteiger partial charge in [0.1, 0.15) is 0 Å². The third kappa shape index (κ3) is 5.53. The lowest BCUT2D eigenvalue weighted by Crippen LogP contribution is -2.51. The van der Waals surface area contributed by atoms with Crippen molar-refractivity contribution in [2.75, 3.05) is 39.8 Å². The smallest absolute Gasteiger partial charge is 0.233 e. The molecule has 0 bridgehead atoms. The Morgan fingerprint density at radius 3 is 2.45 bits per heavy atom. The first-order valence-corrected chi connectivity index (χ1v) is 9.16. The van der Waals surface area contributed by atoms with Gasteiger partial charge in [-0.3, -0.25) is 4.90 Å². The van der Waals surface area contributed by atoms with Gasteiger partial charge in [0.25, 0.3) is 0 Å². The van der Waals surface area contributed by atoms with Gasteiger partial charge in [-0.05, 0) is 25.6 Å². The number of hydrogen-bond acceptors (Lipinski definition) is 4. The van der Waals surface area contributed by atoms with Crippen molar-refractivity contribution in [3.05, 3.63) is 41.3 Å². The standard InChI is InChI=1S/C16H25N3O2S/c1-15(19-11-9-18(2)10-12-19)14-17-22(20,21)13-8-16-6-4-3-5-7-16/h3-8,13,15,17H,9-12,14H2,1-2H3/b13-8-/t15-/m1/s1. The van der Waals surface area contributed by atoms with Crippen molar-refractivity contribution in [3.8, 4) is 0 Å². The molecule has 0 radical (unpaired) electrons. The number of hydrogen-bond donors (Lipinski definition) is 1. The fourth-order valence-electron chi connectivity index (χ4n) is 2.41. The van der Waals surface area contributed by atoms with Crippen LogP contribution >= 0.6 is 0 Å². The Morgan fingerprint density at radius 2 is 1.82 bits per heavy atom. The van der Waals surface area contributed by atoms with Crippen LogP contribution in [0.2, 0.25) is 0 Å². The van der Waals surface area contributed by atoms with Crippen LogP contribution in [-0.4, -0.2) is 64.0 Å². The maximum Gasteiger partial charge on any atom is 0.233 e. The molecule has 1 N–H and O–H groups in total. The first-order chi connectivity index (χ1) is 10.5. The summed E-state index contributed by atoms with van der Waals surface area (Å²) in [6.07, 6.45) is 1.61. The van der Waals surface area contributed by atoms with Crippen molar-refractivity contribution < 1.29 is 8.42 Å². The van der Waals surface area contributed by atoms with Gasteiger partial charge in [0.15, 0.2) is 0 Å². The topological polar surface area (TPSA) is 52.7 Å². The molecule has 0 unspecified atom stereocenters. The summed E-state index contributed by atoms with van der Waals surface area (Å²) in [5.41, 5.74) is 0.875. The fraction of sp³-hybridized carbons (Fsp3) is 0.500. The van der Waals surface area contributed by atoms with Gasteiger partial charge in [-0.1, -0.05) is 30.3 Å². The van der Waals surface area contributed by atoms with Gasteiger partial charge in [0.2, 0.25) is 10.0 Å². The molecule has 0 aliphatic carbocycles.